The number of hydrogen-bond donors (Lipinski definition) is 0. The molecule has 1 nitrogen and oxygen atoms in total. The Bertz CT molecular complexity index is 574. The fourth-order valence-electron chi connectivity index (χ4n) is 2.16. The fourth-order valence-corrected chi connectivity index (χ4v) is 5.17. The van der Waals surface area contributed by atoms with E-state index in [0.717, 1.165) is 22.7 Å². The summed E-state index contributed by atoms with van der Waals surface area (Å²) in [6, 6.07) is 7.00. The Morgan fingerprint density at radius 3 is 2.35 bits per heavy atom. The average Bonchev–Trinajstić information content (AvgIpc) is 2.75. The van der Waals surface area contributed by atoms with E-state index in [4.69, 9.17) is 0 Å². The molecule has 0 radical (unpaired) electrons. The van der Waals surface area contributed by atoms with Gasteiger partial charge in [0.2, 0.25) is 0 Å². The van der Waals surface area contributed by atoms with Crippen LogP contribution < -0.4 is 0 Å². The number of halogens is 3. The van der Waals surface area contributed by atoms with Crippen molar-refractivity contribution >= 4 is 43.2 Å². The van der Waals surface area contributed by atoms with Crippen LogP contribution >= 0.6 is 43.2 Å². The van der Waals surface area contributed by atoms with Gasteiger partial charge >= 0.3 is 0 Å². The quantitative estimate of drug-likeness (QED) is 0.608. The zero-order valence-electron chi connectivity index (χ0n) is 11.4. The predicted molar refractivity (Wildman–Crippen MR) is 91.0 cm³/mol. The lowest BCUT2D eigenvalue weighted by Crippen LogP contribution is -2.34. The molecule has 5 heteroatoms. The molecule has 0 fully saturated rings. The van der Waals surface area contributed by atoms with E-state index in [0.29, 0.717) is 10.7 Å². The van der Waals surface area contributed by atoms with Crippen molar-refractivity contribution in [2.75, 3.05) is 10.7 Å². The van der Waals surface area contributed by atoms with Crippen LogP contribution in [0.25, 0.3) is 0 Å². The van der Waals surface area contributed by atoms with Crippen LogP contribution in [0.2, 0.25) is 0 Å². The highest BCUT2D eigenvalue weighted by Crippen LogP contribution is 2.35. The van der Waals surface area contributed by atoms with Crippen LogP contribution in [0.4, 0.5) is 4.39 Å². The first kappa shape index (κ1) is 16.1. The minimum absolute atomic E-state index is 0.156. The fraction of sp³-hybridized carbons (Fsp3) is 0.400. The second kappa shape index (κ2) is 6.67. The van der Waals surface area contributed by atoms with Gasteiger partial charge < -0.3 is 0 Å². The van der Waals surface area contributed by atoms with Crippen LogP contribution in [0.3, 0.4) is 0 Å². The second-order valence-electron chi connectivity index (χ2n) is 4.95. The van der Waals surface area contributed by atoms with Crippen LogP contribution in [-0.2, 0) is 11.8 Å². The highest BCUT2D eigenvalue weighted by Gasteiger charge is 2.34. The Hall–Kier alpha value is -0.260. The number of rotatable bonds is 5. The van der Waals surface area contributed by atoms with Crippen LogP contribution in [0.5, 0.6) is 0 Å². The molecule has 0 spiro atoms. The van der Waals surface area contributed by atoms with Crippen molar-refractivity contribution in [3.05, 3.63) is 51.2 Å². The van der Waals surface area contributed by atoms with Gasteiger partial charge in [-0.15, -0.1) is 11.3 Å². The lowest BCUT2D eigenvalue weighted by Gasteiger charge is -2.30. The van der Waals surface area contributed by atoms with Gasteiger partial charge in [-0.05, 0) is 25.5 Å². The molecule has 1 aromatic heterocycles. The van der Waals surface area contributed by atoms with Crippen molar-refractivity contribution in [3.8, 4) is 0 Å². The van der Waals surface area contributed by atoms with Crippen LogP contribution in [0.1, 0.15) is 21.1 Å². The first-order valence-electron chi connectivity index (χ1n) is 6.32. The summed E-state index contributed by atoms with van der Waals surface area (Å²) >= 11 is 8.83. The van der Waals surface area contributed by atoms with E-state index >= 15 is 0 Å². The van der Waals surface area contributed by atoms with Gasteiger partial charge in [-0.2, -0.15) is 0 Å². The number of alkyl halides is 2. The third kappa shape index (κ3) is 3.15. The van der Waals surface area contributed by atoms with Gasteiger partial charge in [0.15, 0.2) is 0 Å². The van der Waals surface area contributed by atoms with E-state index in [9.17, 15) is 4.39 Å². The van der Waals surface area contributed by atoms with Gasteiger partial charge in [-0.1, -0.05) is 50.1 Å². The molecule has 2 rings (SSSR count). The first-order chi connectivity index (χ1) is 9.52. The minimum Gasteiger partial charge on any atom is -0.246 e. The smallest absolute Gasteiger partial charge is 0.127 e. The molecule has 0 unspecified atom stereocenters. The molecular formula is C15H16Br2FNS. The van der Waals surface area contributed by atoms with Crippen molar-refractivity contribution < 1.29 is 4.39 Å². The number of nitrogens with zero attached hydrogens (tertiary/aromatic N) is 1. The largest absolute Gasteiger partial charge is 0.246 e. The van der Waals surface area contributed by atoms with Gasteiger partial charge in [0.25, 0.3) is 0 Å². The van der Waals surface area contributed by atoms with Crippen LogP contribution in [0.15, 0.2) is 24.3 Å². The molecule has 0 bridgehead atoms. The molecule has 0 N–H and O–H groups in total. The van der Waals surface area contributed by atoms with Gasteiger partial charge in [-0.3, -0.25) is 0 Å². The zero-order chi connectivity index (χ0) is 14.8. The molecule has 1 heterocycles. The highest BCUT2D eigenvalue weighted by atomic mass is 79.9. The Balaban J connectivity index is 2.42. The van der Waals surface area contributed by atoms with Gasteiger partial charge in [0.05, 0.1) is 10.7 Å². The third-order valence-corrected chi connectivity index (χ3v) is 6.74. The van der Waals surface area contributed by atoms with Crippen molar-refractivity contribution in [1.29, 1.82) is 0 Å². The van der Waals surface area contributed by atoms with E-state index in [-0.39, 0.29) is 11.2 Å². The van der Waals surface area contributed by atoms with Crippen LogP contribution in [0, 0.1) is 19.7 Å². The minimum atomic E-state index is -0.317. The Labute approximate surface area is 139 Å². The average molecular weight is 421 g/mol. The Kier molecular flexibility index (Phi) is 5.37. The maximum Gasteiger partial charge on any atom is 0.127 e. The number of hydrogen-bond acceptors (Lipinski definition) is 2. The molecular weight excluding hydrogens is 405 g/mol. The standard InChI is InChI=1S/C15H16Br2FNS/c1-10-11(2)20-14(19-10)7-15(8-16,9-17)12-5-3-4-6-13(12)18/h3-6H,7-9H2,1-2H3. The summed E-state index contributed by atoms with van der Waals surface area (Å²) < 4.78 is 14.2. The molecule has 108 valence electrons. The van der Waals surface area contributed by atoms with Crippen molar-refractivity contribution in [2.24, 2.45) is 0 Å². The summed E-state index contributed by atoms with van der Waals surface area (Å²) in [6.45, 7) is 4.09. The summed E-state index contributed by atoms with van der Waals surface area (Å²) in [7, 11) is 0. The topological polar surface area (TPSA) is 12.9 Å². The van der Waals surface area contributed by atoms with E-state index < -0.39 is 0 Å². The normalized spacial score (nSPS) is 11.8. The van der Waals surface area contributed by atoms with E-state index in [2.05, 4.69) is 43.8 Å². The molecule has 20 heavy (non-hydrogen) atoms. The number of aryl methyl sites for hydroxylation is 2. The monoisotopic (exact) mass is 419 g/mol. The van der Waals surface area contributed by atoms with E-state index in [1.165, 1.54) is 10.9 Å². The molecule has 0 atom stereocenters. The second-order valence-corrected chi connectivity index (χ2v) is 7.36. The molecule has 2 aromatic rings. The zero-order valence-corrected chi connectivity index (χ0v) is 15.4. The van der Waals surface area contributed by atoms with Gasteiger partial charge in [0, 0.05) is 27.4 Å². The van der Waals surface area contributed by atoms with Crippen molar-refractivity contribution in [3.63, 3.8) is 0 Å². The molecule has 0 aliphatic rings. The molecule has 1 aromatic carbocycles. The number of benzene rings is 1. The van der Waals surface area contributed by atoms with E-state index in [1.807, 2.05) is 19.1 Å². The lowest BCUT2D eigenvalue weighted by atomic mass is 9.81. The SMILES string of the molecule is Cc1nc(CC(CBr)(CBr)c2ccccc2F)sc1C. The highest BCUT2D eigenvalue weighted by molar-refractivity contribution is 9.09. The van der Waals surface area contributed by atoms with Crippen LogP contribution in [-0.4, -0.2) is 15.6 Å². The summed E-state index contributed by atoms with van der Waals surface area (Å²) in [4.78, 5) is 5.83. The maximum atomic E-state index is 14.2. The Morgan fingerprint density at radius 2 is 1.85 bits per heavy atom. The summed E-state index contributed by atoms with van der Waals surface area (Å²) in [5.41, 5.74) is 1.48. The molecule has 0 saturated heterocycles. The third-order valence-electron chi connectivity index (χ3n) is 3.52. The molecule has 0 saturated carbocycles. The summed E-state index contributed by atoms with van der Waals surface area (Å²) in [6.07, 6.45) is 0.726. The maximum absolute atomic E-state index is 14.2. The molecule has 0 aliphatic heterocycles. The first-order valence-corrected chi connectivity index (χ1v) is 9.38. The van der Waals surface area contributed by atoms with Crippen molar-refractivity contribution in [1.82, 2.24) is 4.98 Å². The summed E-state index contributed by atoms with van der Waals surface area (Å²) in [5.74, 6) is -0.156. The lowest BCUT2D eigenvalue weighted by molar-refractivity contribution is 0.500. The van der Waals surface area contributed by atoms with Crippen molar-refractivity contribution in [2.45, 2.75) is 25.7 Å². The number of thiazole rings is 1. The molecule has 0 aliphatic carbocycles. The molecule has 0 amide bonds. The van der Waals surface area contributed by atoms with E-state index in [1.54, 1.807) is 17.4 Å². The van der Waals surface area contributed by atoms with Gasteiger partial charge in [0.1, 0.15) is 5.82 Å². The predicted octanol–water partition coefficient (Wildman–Crippen LogP) is 5.17. The Morgan fingerprint density at radius 1 is 1.20 bits per heavy atom. The van der Waals surface area contributed by atoms with Gasteiger partial charge in [-0.25, -0.2) is 9.37 Å². The summed E-state index contributed by atoms with van der Waals surface area (Å²) in [5, 5.41) is 2.43. The number of aromatic nitrogens is 1.